The molecule has 0 atom stereocenters. The minimum absolute atomic E-state index is 0.408. The highest BCUT2D eigenvalue weighted by Crippen LogP contribution is 2.13. The van der Waals surface area contributed by atoms with Crippen LogP contribution < -0.4 is 5.73 Å². The molecule has 0 unspecified atom stereocenters. The molecular formula is C12H13NO3. The molecule has 1 aromatic carbocycles. The summed E-state index contributed by atoms with van der Waals surface area (Å²) in [5.74, 6) is -0.493. The van der Waals surface area contributed by atoms with E-state index >= 15 is 0 Å². The van der Waals surface area contributed by atoms with E-state index in [0.717, 1.165) is 0 Å². The molecule has 0 saturated heterocycles. The number of carbonyl (C=O) groups is 2. The number of hydrogen-bond donors (Lipinski definition) is 1. The molecule has 0 heterocycles. The van der Waals surface area contributed by atoms with E-state index in [9.17, 15) is 9.59 Å². The van der Waals surface area contributed by atoms with Gasteiger partial charge >= 0.3 is 0 Å². The number of rotatable bonds is 5. The first-order valence-corrected chi connectivity index (χ1v) is 4.86. The lowest BCUT2D eigenvalue weighted by molar-refractivity contribution is -0.103. The van der Waals surface area contributed by atoms with Crippen LogP contribution >= 0.6 is 0 Å². The first-order valence-electron chi connectivity index (χ1n) is 4.86. The van der Waals surface area contributed by atoms with Gasteiger partial charge in [-0.05, 0) is 24.6 Å². The zero-order valence-corrected chi connectivity index (χ0v) is 8.97. The van der Waals surface area contributed by atoms with Crippen LogP contribution in [0.15, 0.2) is 30.5 Å². The summed E-state index contributed by atoms with van der Waals surface area (Å²) in [7, 11) is 0. The summed E-state index contributed by atoms with van der Waals surface area (Å²) in [6.45, 7) is 2.33. The van der Waals surface area contributed by atoms with E-state index in [1.165, 1.54) is 6.26 Å². The summed E-state index contributed by atoms with van der Waals surface area (Å²) in [5, 5.41) is 0. The number of aldehydes is 1. The molecule has 0 saturated carbocycles. The van der Waals surface area contributed by atoms with E-state index in [1.807, 2.05) is 6.92 Å². The van der Waals surface area contributed by atoms with Gasteiger partial charge in [-0.25, -0.2) is 0 Å². The number of nitrogens with two attached hydrogens (primary N) is 1. The second-order valence-corrected chi connectivity index (χ2v) is 3.09. The minimum atomic E-state index is -0.493. The van der Waals surface area contributed by atoms with E-state index in [1.54, 1.807) is 24.3 Å². The Morgan fingerprint density at radius 2 is 1.88 bits per heavy atom. The molecule has 0 aliphatic rings. The van der Waals surface area contributed by atoms with Crippen molar-refractivity contribution < 1.29 is 14.3 Å². The quantitative estimate of drug-likeness (QED) is 0.462. The van der Waals surface area contributed by atoms with Gasteiger partial charge in [0.1, 0.15) is 0 Å². The summed E-state index contributed by atoms with van der Waals surface area (Å²) in [4.78, 5) is 21.6. The summed E-state index contributed by atoms with van der Waals surface area (Å²) >= 11 is 0. The molecule has 0 aliphatic carbocycles. The molecule has 4 heteroatoms. The smallest absolute Gasteiger partial charge is 0.248 e. The van der Waals surface area contributed by atoms with Gasteiger partial charge in [0.2, 0.25) is 5.91 Å². The van der Waals surface area contributed by atoms with Crippen LogP contribution in [0.3, 0.4) is 0 Å². The number of allylic oxidation sites excluding steroid dienone is 1. The topological polar surface area (TPSA) is 69.4 Å². The summed E-state index contributed by atoms with van der Waals surface area (Å²) < 4.78 is 5.03. The van der Waals surface area contributed by atoms with Crippen molar-refractivity contribution >= 4 is 17.8 Å². The van der Waals surface area contributed by atoms with Crippen molar-refractivity contribution in [3.63, 3.8) is 0 Å². The molecule has 84 valence electrons. The molecule has 1 rings (SSSR count). The van der Waals surface area contributed by atoms with Crippen LogP contribution in [0.2, 0.25) is 0 Å². The highest BCUT2D eigenvalue weighted by molar-refractivity contribution is 6.06. The van der Waals surface area contributed by atoms with Gasteiger partial charge in [-0.3, -0.25) is 9.59 Å². The highest BCUT2D eigenvalue weighted by Gasteiger charge is 2.03. The van der Waals surface area contributed by atoms with Crippen LogP contribution in [0, 0.1) is 0 Å². The number of benzene rings is 1. The van der Waals surface area contributed by atoms with Crippen molar-refractivity contribution in [3.05, 3.63) is 41.7 Å². The predicted molar refractivity (Wildman–Crippen MR) is 60.6 cm³/mol. The number of ether oxygens (including phenoxy) is 1. The first-order chi connectivity index (χ1) is 7.69. The minimum Gasteiger partial charge on any atom is -0.501 e. The fourth-order valence-corrected chi connectivity index (χ4v) is 1.16. The van der Waals surface area contributed by atoms with Crippen LogP contribution in [0.4, 0.5) is 0 Å². The highest BCUT2D eigenvalue weighted by atomic mass is 16.5. The van der Waals surface area contributed by atoms with E-state index in [0.29, 0.717) is 29.6 Å². The Morgan fingerprint density at radius 3 is 2.31 bits per heavy atom. The Labute approximate surface area is 93.7 Å². The zero-order valence-electron chi connectivity index (χ0n) is 8.97. The Bertz CT molecular complexity index is 407. The molecule has 0 aromatic heterocycles. The standard InChI is InChI=1S/C12H13NO3/c1-2-16-8-11(7-14)9-3-5-10(6-4-9)12(13)15/h3-8H,2H2,1H3,(H2,13,15). The SMILES string of the molecule is CCOC=C(C=O)c1ccc(C(N)=O)cc1. The molecule has 1 amide bonds. The second-order valence-electron chi connectivity index (χ2n) is 3.09. The van der Waals surface area contributed by atoms with Crippen molar-refractivity contribution in [1.82, 2.24) is 0 Å². The maximum Gasteiger partial charge on any atom is 0.248 e. The van der Waals surface area contributed by atoms with Crippen molar-refractivity contribution in [3.8, 4) is 0 Å². The number of hydrogen-bond acceptors (Lipinski definition) is 3. The third-order valence-corrected chi connectivity index (χ3v) is 2.01. The van der Waals surface area contributed by atoms with Crippen LogP contribution in [0.1, 0.15) is 22.8 Å². The fraction of sp³-hybridized carbons (Fsp3) is 0.167. The van der Waals surface area contributed by atoms with Crippen molar-refractivity contribution in [1.29, 1.82) is 0 Å². The Morgan fingerprint density at radius 1 is 1.31 bits per heavy atom. The average Bonchev–Trinajstić information content (AvgIpc) is 2.30. The van der Waals surface area contributed by atoms with E-state index in [2.05, 4.69) is 0 Å². The number of primary amides is 1. The third kappa shape index (κ3) is 2.95. The molecule has 0 bridgehead atoms. The van der Waals surface area contributed by atoms with Gasteiger partial charge in [0, 0.05) is 5.56 Å². The van der Waals surface area contributed by atoms with Crippen LogP contribution in [-0.2, 0) is 9.53 Å². The first kappa shape index (κ1) is 12.0. The maximum atomic E-state index is 10.8. The Hall–Kier alpha value is -2.10. The van der Waals surface area contributed by atoms with Gasteiger partial charge in [-0.1, -0.05) is 12.1 Å². The van der Waals surface area contributed by atoms with Crippen molar-refractivity contribution in [2.45, 2.75) is 6.92 Å². The summed E-state index contributed by atoms with van der Waals surface area (Å²) in [6, 6.07) is 6.45. The van der Waals surface area contributed by atoms with Crippen LogP contribution in [0.5, 0.6) is 0 Å². The normalized spacial score (nSPS) is 10.9. The van der Waals surface area contributed by atoms with Gasteiger partial charge in [0.05, 0.1) is 18.4 Å². The molecule has 2 N–H and O–H groups in total. The van der Waals surface area contributed by atoms with Gasteiger partial charge in [-0.2, -0.15) is 0 Å². The molecule has 16 heavy (non-hydrogen) atoms. The molecule has 0 aliphatic heterocycles. The number of amides is 1. The van der Waals surface area contributed by atoms with Crippen molar-refractivity contribution in [2.24, 2.45) is 5.73 Å². The molecule has 1 aromatic rings. The molecule has 0 spiro atoms. The molecule has 0 radical (unpaired) electrons. The van der Waals surface area contributed by atoms with E-state index < -0.39 is 5.91 Å². The van der Waals surface area contributed by atoms with Gasteiger partial charge < -0.3 is 10.5 Å². The average molecular weight is 219 g/mol. The third-order valence-electron chi connectivity index (χ3n) is 2.01. The van der Waals surface area contributed by atoms with Gasteiger partial charge in [0.15, 0.2) is 6.29 Å². The summed E-state index contributed by atoms with van der Waals surface area (Å²) in [6.07, 6.45) is 2.10. The zero-order chi connectivity index (χ0) is 12.0. The predicted octanol–water partition coefficient (Wildman–Crippen LogP) is 1.36. The lowest BCUT2D eigenvalue weighted by Crippen LogP contribution is -2.10. The van der Waals surface area contributed by atoms with Crippen LogP contribution in [0.25, 0.3) is 5.57 Å². The van der Waals surface area contributed by atoms with Crippen molar-refractivity contribution in [2.75, 3.05) is 6.61 Å². The monoisotopic (exact) mass is 219 g/mol. The van der Waals surface area contributed by atoms with E-state index in [4.69, 9.17) is 10.5 Å². The van der Waals surface area contributed by atoms with E-state index in [-0.39, 0.29) is 0 Å². The van der Waals surface area contributed by atoms with Gasteiger partial charge in [-0.15, -0.1) is 0 Å². The van der Waals surface area contributed by atoms with Crippen LogP contribution in [-0.4, -0.2) is 18.8 Å². The molecular weight excluding hydrogens is 206 g/mol. The lowest BCUT2D eigenvalue weighted by Gasteiger charge is -2.02. The number of carbonyl (C=O) groups excluding carboxylic acids is 2. The Balaban J connectivity index is 2.95. The summed E-state index contributed by atoms with van der Waals surface area (Å²) in [5.41, 5.74) is 6.63. The lowest BCUT2D eigenvalue weighted by atomic mass is 10.1. The largest absolute Gasteiger partial charge is 0.501 e. The van der Waals surface area contributed by atoms with Gasteiger partial charge in [0.25, 0.3) is 0 Å². The Kier molecular flexibility index (Phi) is 4.27. The maximum absolute atomic E-state index is 10.8. The fourth-order valence-electron chi connectivity index (χ4n) is 1.16. The second kappa shape index (κ2) is 5.70. The molecule has 4 nitrogen and oxygen atoms in total. The molecule has 0 fully saturated rings.